The Morgan fingerprint density at radius 2 is 1.84 bits per heavy atom. The van der Waals surface area contributed by atoms with Crippen molar-refractivity contribution in [1.29, 1.82) is 0 Å². The lowest BCUT2D eigenvalue weighted by molar-refractivity contribution is -0.187. The van der Waals surface area contributed by atoms with Crippen molar-refractivity contribution in [2.24, 2.45) is 33.5 Å². The van der Waals surface area contributed by atoms with Crippen molar-refractivity contribution >= 4 is 5.97 Å². The standard InChI is InChI=1S/C32H45N3O3/c1-5-37-28(36)31(4)15-9-14-30(3)25(31)13-17-32-18-27(29(2,22-32)16-12-26(30)32)38-21-24-20-35(34-33-24)19-23-10-7-6-8-11-23/h6-8,10-11,20,25-27H,5,9,12-19,21-22H2,1-4H3/t25-,26-,27+,29-,30+,31+,32-/m0/s1. The number of esters is 1. The minimum absolute atomic E-state index is 0.0421. The first kappa shape index (κ1) is 26.0. The molecule has 0 amide bonds. The molecule has 2 bridgehead atoms. The predicted octanol–water partition coefficient (Wildman–Crippen LogP) is 6.58. The maximum Gasteiger partial charge on any atom is 0.312 e. The van der Waals surface area contributed by atoms with Crippen molar-refractivity contribution in [3.8, 4) is 0 Å². The van der Waals surface area contributed by atoms with E-state index in [9.17, 15) is 4.79 Å². The summed E-state index contributed by atoms with van der Waals surface area (Å²) in [5.74, 6) is 1.12. The summed E-state index contributed by atoms with van der Waals surface area (Å²) in [7, 11) is 0. The highest BCUT2D eigenvalue weighted by molar-refractivity contribution is 5.77. The summed E-state index contributed by atoms with van der Waals surface area (Å²) in [5, 5.41) is 8.77. The van der Waals surface area contributed by atoms with E-state index in [1.807, 2.05) is 23.9 Å². The molecule has 4 aliphatic carbocycles. The molecule has 0 aliphatic heterocycles. The van der Waals surface area contributed by atoms with Gasteiger partial charge < -0.3 is 9.47 Å². The molecule has 0 saturated heterocycles. The van der Waals surface area contributed by atoms with E-state index in [2.05, 4.69) is 55.3 Å². The first-order valence-electron chi connectivity index (χ1n) is 14.9. The van der Waals surface area contributed by atoms with E-state index in [0.717, 1.165) is 37.9 Å². The summed E-state index contributed by atoms with van der Waals surface area (Å²) in [6, 6.07) is 10.4. The fraction of sp³-hybridized carbons (Fsp3) is 0.719. The van der Waals surface area contributed by atoms with Gasteiger partial charge in [0.1, 0.15) is 5.69 Å². The zero-order valence-corrected chi connectivity index (χ0v) is 23.7. The molecule has 1 aromatic carbocycles. The van der Waals surface area contributed by atoms with Gasteiger partial charge in [-0.2, -0.15) is 0 Å². The number of benzene rings is 1. The van der Waals surface area contributed by atoms with Crippen LogP contribution < -0.4 is 0 Å². The van der Waals surface area contributed by atoms with E-state index >= 15 is 0 Å². The molecule has 0 N–H and O–H groups in total. The largest absolute Gasteiger partial charge is 0.466 e. The average Bonchev–Trinajstić information content (AvgIpc) is 3.41. The Kier molecular flexibility index (Phi) is 6.48. The first-order chi connectivity index (χ1) is 18.2. The normalized spacial score (nSPS) is 39.8. The van der Waals surface area contributed by atoms with E-state index in [1.165, 1.54) is 37.7 Å². The summed E-state index contributed by atoms with van der Waals surface area (Å²) in [4.78, 5) is 13.2. The van der Waals surface area contributed by atoms with Crippen LogP contribution >= 0.6 is 0 Å². The summed E-state index contributed by atoms with van der Waals surface area (Å²) < 4.78 is 14.3. The quantitative estimate of drug-likeness (QED) is 0.387. The van der Waals surface area contributed by atoms with Gasteiger partial charge in [-0.15, -0.1) is 5.10 Å². The molecule has 2 aromatic rings. The molecule has 6 rings (SSSR count). The topological polar surface area (TPSA) is 66.2 Å². The number of fused-ring (bicyclic) bond motifs is 3. The van der Waals surface area contributed by atoms with Gasteiger partial charge >= 0.3 is 5.97 Å². The number of ether oxygens (including phenoxy) is 2. The molecule has 38 heavy (non-hydrogen) atoms. The molecular formula is C32H45N3O3. The summed E-state index contributed by atoms with van der Waals surface area (Å²) in [6.45, 7) is 10.9. The lowest BCUT2D eigenvalue weighted by Gasteiger charge is -2.64. The minimum Gasteiger partial charge on any atom is -0.466 e. The van der Waals surface area contributed by atoms with E-state index in [-0.39, 0.29) is 28.3 Å². The Labute approximate surface area is 227 Å². The van der Waals surface area contributed by atoms with Crippen LogP contribution in [0.15, 0.2) is 36.5 Å². The minimum atomic E-state index is -0.342. The smallest absolute Gasteiger partial charge is 0.312 e. The molecule has 1 aromatic heterocycles. The van der Waals surface area contributed by atoms with Crippen LogP contribution in [0.4, 0.5) is 0 Å². The van der Waals surface area contributed by atoms with Gasteiger partial charge in [-0.05, 0) is 98.9 Å². The number of rotatable bonds is 7. The Morgan fingerprint density at radius 3 is 2.63 bits per heavy atom. The monoisotopic (exact) mass is 519 g/mol. The third kappa shape index (κ3) is 4.13. The highest BCUT2D eigenvalue weighted by Crippen LogP contribution is 2.74. The van der Waals surface area contributed by atoms with Gasteiger partial charge in [-0.1, -0.05) is 55.8 Å². The van der Waals surface area contributed by atoms with Crippen LogP contribution in [0.25, 0.3) is 0 Å². The molecule has 206 valence electrons. The van der Waals surface area contributed by atoms with Crippen LogP contribution in [-0.4, -0.2) is 33.7 Å². The zero-order chi connectivity index (χ0) is 26.6. The van der Waals surface area contributed by atoms with E-state index in [4.69, 9.17) is 9.47 Å². The molecule has 0 radical (unpaired) electrons. The average molecular weight is 520 g/mol. The molecule has 6 nitrogen and oxygen atoms in total. The van der Waals surface area contributed by atoms with Crippen molar-refractivity contribution < 1.29 is 14.3 Å². The Hall–Kier alpha value is -2.21. The fourth-order valence-electron chi connectivity index (χ4n) is 9.94. The van der Waals surface area contributed by atoms with Crippen LogP contribution in [0.2, 0.25) is 0 Å². The summed E-state index contributed by atoms with van der Waals surface area (Å²) in [5.41, 5.74) is 2.55. The number of carbonyl (C=O) groups is 1. The van der Waals surface area contributed by atoms with Gasteiger partial charge in [0.15, 0.2) is 0 Å². The Morgan fingerprint density at radius 1 is 1.05 bits per heavy atom. The molecule has 0 unspecified atom stereocenters. The molecular weight excluding hydrogens is 474 g/mol. The van der Waals surface area contributed by atoms with Gasteiger partial charge in [0.2, 0.25) is 0 Å². The van der Waals surface area contributed by atoms with E-state index in [0.29, 0.717) is 30.5 Å². The van der Waals surface area contributed by atoms with Crippen molar-refractivity contribution in [3.05, 3.63) is 47.8 Å². The van der Waals surface area contributed by atoms with Crippen LogP contribution in [0.1, 0.15) is 96.7 Å². The van der Waals surface area contributed by atoms with Gasteiger partial charge in [-0.25, -0.2) is 4.68 Å². The van der Waals surface area contributed by atoms with Crippen LogP contribution in [-0.2, 0) is 27.4 Å². The summed E-state index contributed by atoms with van der Waals surface area (Å²) >= 11 is 0. The third-order valence-corrected chi connectivity index (χ3v) is 11.5. The van der Waals surface area contributed by atoms with E-state index in [1.54, 1.807) is 0 Å². The maximum absolute atomic E-state index is 13.2. The molecule has 6 heteroatoms. The van der Waals surface area contributed by atoms with Crippen LogP contribution in [0, 0.1) is 33.5 Å². The maximum atomic E-state index is 13.2. The number of aromatic nitrogens is 3. The lowest BCUT2D eigenvalue weighted by Crippen LogP contribution is -2.58. The number of hydrogen-bond acceptors (Lipinski definition) is 5. The van der Waals surface area contributed by atoms with Crippen molar-refractivity contribution in [2.45, 2.75) is 105 Å². The SMILES string of the molecule is CCOC(=O)[C@]1(C)CCC[C@@]2(C)[C@@H]3CC[C@@]4(C)C[C@]3(CC[C@@H]21)C[C@H]4OCc1cn(Cc2ccccc2)nn1. The fourth-order valence-corrected chi connectivity index (χ4v) is 9.94. The van der Waals surface area contributed by atoms with Crippen LogP contribution in [0.3, 0.4) is 0 Å². The number of hydrogen-bond donors (Lipinski definition) is 0. The number of nitrogens with zero attached hydrogens (tertiary/aromatic N) is 3. The Balaban J connectivity index is 1.16. The van der Waals surface area contributed by atoms with Gasteiger partial charge in [0.05, 0.1) is 37.5 Å². The van der Waals surface area contributed by atoms with Gasteiger partial charge in [-0.3, -0.25) is 4.79 Å². The second kappa shape index (κ2) is 9.46. The molecule has 4 saturated carbocycles. The number of carbonyl (C=O) groups excluding carboxylic acids is 1. The second-order valence-corrected chi connectivity index (χ2v) is 13.8. The van der Waals surface area contributed by atoms with Gasteiger partial charge in [0, 0.05) is 0 Å². The summed E-state index contributed by atoms with van der Waals surface area (Å²) in [6.07, 6.45) is 12.9. The van der Waals surface area contributed by atoms with Crippen molar-refractivity contribution in [3.63, 3.8) is 0 Å². The molecule has 4 fully saturated rings. The second-order valence-electron chi connectivity index (χ2n) is 13.8. The molecule has 4 aliphatic rings. The van der Waals surface area contributed by atoms with Crippen molar-refractivity contribution in [2.75, 3.05) is 6.61 Å². The Bertz CT molecular complexity index is 1170. The molecule has 7 atom stereocenters. The lowest BCUT2D eigenvalue weighted by atomic mass is 9.40. The van der Waals surface area contributed by atoms with Gasteiger partial charge in [0.25, 0.3) is 0 Å². The van der Waals surface area contributed by atoms with E-state index < -0.39 is 0 Å². The van der Waals surface area contributed by atoms with Crippen LogP contribution in [0.5, 0.6) is 0 Å². The highest BCUT2D eigenvalue weighted by atomic mass is 16.5. The molecule has 1 heterocycles. The third-order valence-electron chi connectivity index (χ3n) is 11.5. The zero-order valence-electron chi connectivity index (χ0n) is 23.7. The van der Waals surface area contributed by atoms with Crippen molar-refractivity contribution in [1.82, 2.24) is 15.0 Å². The first-order valence-corrected chi connectivity index (χ1v) is 14.9. The molecule has 1 spiro atoms. The highest BCUT2D eigenvalue weighted by Gasteiger charge is 2.68. The predicted molar refractivity (Wildman–Crippen MR) is 146 cm³/mol.